The molecule has 2 nitrogen and oxygen atoms in total. The normalized spacial score (nSPS) is 11.0. The summed E-state index contributed by atoms with van der Waals surface area (Å²) in [6.07, 6.45) is 2.91. The number of rotatable bonds is 8. The van der Waals surface area contributed by atoms with Crippen molar-refractivity contribution in [3.63, 3.8) is 0 Å². The van der Waals surface area contributed by atoms with E-state index in [-0.39, 0.29) is 16.9 Å². The lowest BCUT2D eigenvalue weighted by Gasteiger charge is -2.11. The predicted octanol–water partition coefficient (Wildman–Crippen LogP) is 8.70. The minimum absolute atomic E-state index is 0.0380. The lowest BCUT2D eigenvalue weighted by Crippen LogP contribution is -2.12. The molecule has 37 heavy (non-hydrogen) atoms. The average Bonchev–Trinajstić information content (AvgIpc) is 2.91. The molecule has 0 heterocycles. The first-order chi connectivity index (χ1) is 17.8. The fourth-order valence-electron chi connectivity index (χ4n) is 4.09. The van der Waals surface area contributed by atoms with E-state index in [4.69, 9.17) is 4.74 Å². The molecule has 0 radical (unpaired) electrons. The molecule has 0 atom stereocenters. The van der Waals surface area contributed by atoms with E-state index in [1.54, 1.807) is 18.2 Å². The Balaban J connectivity index is 1.51. The Morgan fingerprint density at radius 1 is 0.676 bits per heavy atom. The summed E-state index contributed by atoms with van der Waals surface area (Å²) in [5.41, 5.74) is 1.83. The van der Waals surface area contributed by atoms with Crippen molar-refractivity contribution >= 4 is 5.97 Å². The third-order valence-electron chi connectivity index (χ3n) is 6.31. The van der Waals surface area contributed by atoms with E-state index in [9.17, 15) is 22.4 Å². The van der Waals surface area contributed by atoms with Crippen LogP contribution in [0.25, 0.3) is 22.3 Å². The molecule has 0 N–H and O–H groups in total. The highest BCUT2D eigenvalue weighted by atomic mass is 19.2. The summed E-state index contributed by atoms with van der Waals surface area (Å²) in [5.74, 6) is -5.29. The van der Waals surface area contributed by atoms with Gasteiger partial charge in [0.05, 0.1) is 5.56 Å². The molecular weight excluding hydrogens is 480 g/mol. The van der Waals surface area contributed by atoms with Gasteiger partial charge in [-0.3, -0.25) is 0 Å². The van der Waals surface area contributed by atoms with E-state index in [0.717, 1.165) is 24.8 Å². The smallest absolute Gasteiger partial charge is 0.346 e. The van der Waals surface area contributed by atoms with Gasteiger partial charge in [-0.2, -0.15) is 0 Å². The van der Waals surface area contributed by atoms with Crippen LogP contribution in [0.2, 0.25) is 0 Å². The van der Waals surface area contributed by atoms with Crippen LogP contribution in [0.3, 0.4) is 0 Å². The number of aryl methyl sites for hydroxylation is 2. The van der Waals surface area contributed by atoms with Gasteiger partial charge in [0.2, 0.25) is 0 Å². The van der Waals surface area contributed by atoms with Gasteiger partial charge in [0.25, 0.3) is 0 Å². The van der Waals surface area contributed by atoms with Crippen LogP contribution in [0.4, 0.5) is 17.6 Å². The summed E-state index contributed by atoms with van der Waals surface area (Å²) in [7, 11) is 0. The number of esters is 1. The summed E-state index contributed by atoms with van der Waals surface area (Å²) in [5, 5.41) is 0. The van der Waals surface area contributed by atoms with Crippen molar-refractivity contribution in [1.82, 2.24) is 0 Å². The minimum Gasteiger partial charge on any atom is -0.423 e. The van der Waals surface area contributed by atoms with E-state index in [0.29, 0.717) is 23.1 Å². The first kappa shape index (κ1) is 26.1. The number of halogens is 4. The molecule has 4 rings (SSSR count). The standard InChI is InChI=1S/C31H26F4O2/c1-3-5-6-22-13-16-24(28(33)27(22)32)21-11-14-23(15-12-21)37-31(36)26-18-17-25(29(34)30(26)35)20-9-7-19(4-2)8-10-20/h7-18H,3-6H2,1-2H3. The topological polar surface area (TPSA) is 26.3 Å². The maximum atomic E-state index is 14.8. The average molecular weight is 507 g/mol. The fraction of sp³-hybridized carbons (Fsp3) is 0.194. The summed E-state index contributed by atoms with van der Waals surface area (Å²) in [4.78, 5) is 12.6. The monoisotopic (exact) mass is 506 g/mol. The van der Waals surface area contributed by atoms with Crippen LogP contribution in [-0.2, 0) is 12.8 Å². The Hall–Kier alpha value is -3.93. The van der Waals surface area contributed by atoms with E-state index < -0.39 is 34.8 Å². The van der Waals surface area contributed by atoms with Crippen molar-refractivity contribution < 1.29 is 27.1 Å². The first-order valence-corrected chi connectivity index (χ1v) is 12.2. The van der Waals surface area contributed by atoms with Crippen LogP contribution in [0.15, 0.2) is 72.8 Å². The zero-order chi connectivity index (χ0) is 26.5. The molecule has 0 aliphatic heterocycles. The molecular formula is C31H26F4O2. The van der Waals surface area contributed by atoms with Crippen LogP contribution in [0.5, 0.6) is 5.75 Å². The Labute approximate surface area is 213 Å². The van der Waals surface area contributed by atoms with Gasteiger partial charge in [-0.15, -0.1) is 0 Å². The third kappa shape index (κ3) is 5.58. The summed E-state index contributed by atoms with van der Waals surface area (Å²) < 4.78 is 63.9. The van der Waals surface area contributed by atoms with Crippen LogP contribution < -0.4 is 4.74 Å². The predicted molar refractivity (Wildman–Crippen MR) is 137 cm³/mol. The lowest BCUT2D eigenvalue weighted by molar-refractivity contribution is 0.0728. The Morgan fingerprint density at radius 2 is 1.24 bits per heavy atom. The van der Waals surface area contributed by atoms with Gasteiger partial charge in [0.1, 0.15) is 5.75 Å². The van der Waals surface area contributed by atoms with Crippen LogP contribution in [0, 0.1) is 23.3 Å². The zero-order valence-corrected chi connectivity index (χ0v) is 20.6. The second-order valence-electron chi connectivity index (χ2n) is 8.76. The molecule has 0 aliphatic rings. The van der Waals surface area contributed by atoms with Crippen molar-refractivity contribution in [3.8, 4) is 28.0 Å². The lowest BCUT2D eigenvalue weighted by atomic mass is 10.00. The molecule has 0 bridgehead atoms. The summed E-state index contributed by atoms with van der Waals surface area (Å²) >= 11 is 0. The molecule has 0 aliphatic carbocycles. The van der Waals surface area contributed by atoms with Gasteiger partial charge >= 0.3 is 5.97 Å². The van der Waals surface area contributed by atoms with Gasteiger partial charge in [-0.05, 0) is 59.7 Å². The zero-order valence-electron chi connectivity index (χ0n) is 20.6. The number of hydrogen-bond donors (Lipinski definition) is 0. The highest BCUT2D eigenvalue weighted by Crippen LogP contribution is 2.30. The molecule has 0 aromatic heterocycles. The molecule has 0 fully saturated rings. The first-order valence-electron chi connectivity index (χ1n) is 12.2. The van der Waals surface area contributed by atoms with E-state index in [2.05, 4.69) is 0 Å². The number of ether oxygens (including phenoxy) is 1. The molecule has 190 valence electrons. The quantitative estimate of drug-likeness (QED) is 0.136. The second kappa shape index (κ2) is 11.4. The molecule has 6 heteroatoms. The van der Waals surface area contributed by atoms with Gasteiger partial charge in [-0.25, -0.2) is 22.4 Å². The summed E-state index contributed by atoms with van der Waals surface area (Å²) in [6, 6.07) is 18.3. The van der Waals surface area contributed by atoms with Crippen molar-refractivity contribution in [2.45, 2.75) is 39.5 Å². The second-order valence-corrected chi connectivity index (χ2v) is 8.76. The van der Waals surface area contributed by atoms with Crippen molar-refractivity contribution in [1.29, 1.82) is 0 Å². The van der Waals surface area contributed by atoms with Crippen LogP contribution >= 0.6 is 0 Å². The molecule has 0 saturated carbocycles. The Kier molecular flexibility index (Phi) is 8.07. The number of benzene rings is 4. The van der Waals surface area contributed by atoms with E-state index >= 15 is 0 Å². The van der Waals surface area contributed by atoms with E-state index in [1.807, 2.05) is 26.0 Å². The van der Waals surface area contributed by atoms with E-state index in [1.165, 1.54) is 42.5 Å². The van der Waals surface area contributed by atoms with Gasteiger partial charge in [0.15, 0.2) is 23.3 Å². The fourth-order valence-corrected chi connectivity index (χ4v) is 4.09. The maximum Gasteiger partial charge on any atom is 0.346 e. The molecule has 0 saturated heterocycles. The number of carbonyl (C=O) groups is 1. The van der Waals surface area contributed by atoms with Crippen molar-refractivity contribution in [2.24, 2.45) is 0 Å². The number of unbranched alkanes of at least 4 members (excludes halogenated alkanes) is 1. The Bertz CT molecular complexity index is 1410. The van der Waals surface area contributed by atoms with Gasteiger partial charge in [-0.1, -0.05) is 74.9 Å². The molecule has 0 amide bonds. The maximum absolute atomic E-state index is 14.8. The van der Waals surface area contributed by atoms with Crippen LogP contribution in [0.1, 0.15) is 48.2 Å². The molecule has 4 aromatic carbocycles. The molecule has 0 spiro atoms. The van der Waals surface area contributed by atoms with Crippen LogP contribution in [-0.4, -0.2) is 5.97 Å². The minimum atomic E-state index is -1.31. The molecule has 4 aromatic rings. The number of carbonyl (C=O) groups excluding carboxylic acids is 1. The van der Waals surface area contributed by atoms with Gasteiger partial charge < -0.3 is 4.74 Å². The SMILES string of the molecule is CCCCc1ccc(-c2ccc(OC(=O)c3ccc(-c4ccc(CC)cc4)c(F)c3F)cc2)c(F)c1F. The third-order valence-corrected chi connectivity index (χ3v) is 6.31. The Morgan fingerprint density at radius 3 is 1.84 bits per heavy atom. The van der Waals surface area contributed by atoms with Crippen molar-refractivity contribution in [2.75, 3.05) is 0 Å². The highest BCUT2D eigenvalue weighted by Gasteiger charge is 2.21. The molecule has 0 unspecified atom stereocenters. The summed E-state index contributed by atoms with van der Waals surface area (Å²) in [6.45, 7) is 3.97. The van der Waals surface area contributed by atoms with Gasteiger partial charge in [0, 0.05) is 11.1 Å². The highest BCUT2D eigenvalue weighted by molar-refractivity contribution is 5.92. The number of hydrogen-bond acceptors (Lipinski definition) is 2. The van der Waals surface area contributed by atoms with Crippen molar-refractivity contribution in [3.05, 3.63) is 113 Å². The largest absolute Gasteiger partial charge is 0.423 e.